The van der Waals surface area contributed by atoms with E-state index in [1.807, 2.05) is 10.8 Å². The van der Waals surface area contributed by atoms with Crippen LogP contribution in [-0.2, 0) is 16.6 Å². The van der Waals surface area contributed by atoms with Gasteiger partial charge in [0, 0.05) is 18.0 Å². The summed E-state index contributed by atoms with van der Waals surface area (Å²) in [6.45, 7) is 1.10. The Labute approximate surface area is 151 Å². The molecule has 1 N–H and O–H groups in total. The zero-order valence-corrected chi connectivity index (χ0v) is 14.6. The number of carbonyl (C=O) groups excluding carboxylic acids is 1. The average Bonchev–Trinajstić information content (AvgIpc) is 3.16. The molecule has 2 aromatic carbocycles. The second-order valence-electron chi connectivity index (χ2n) is 5.42. The second kappa shape index (κ2) is 7.83. The monoisotopic (exact) mass is 371 g/mol. The van der Waals surface area contributed by atoms with Crippen molar-refractivity contribution in [3.8, 4) is 5.75 Å². The molecule has 3 aromatic rings. The first-order valence-electron chi connectivity index (χ1n) is 7.85. The predicted octanol–water partition coefficient (Wildman–Crippen LogP) is 2.08. The maximum absolute atomic E-state index is 12.2. The number of amides is 1. The Morgan fingerprint density at radius 1 is 1.08 bits per heavy atom. The van der Waals surface area contributed by atoms with Crippen molar-refractivity contribution >= 4 is 15.9 Å². The Hall–Kier alpha value is -3.13. The van der Waals surface area contributed by atoms with E-state index in [9.17, 15) is 13.2 Å². The number of hydrogen-bond donors (Lipinski definition) is 1. The van der Waals surface area contributed by atoms with Gasteiger partial charge in [-0.1, -0.05) is 18.2 Å². The molecule has 1 heterocycles. The van der Waals surface area contributed by atoms with Crippen LogP contribution in [0.5, 0.6) is 5.75 Å². The van der Waals surface area contributed by atoms with E-state index in [1.165, 1.54) is 24.3 Å². The summed E-state index contributed by atoms with van der Waals surface area (Å²) >= 11 is 0. The molecular weight excluding hydrogens is 354 g/mol. The molecule has 1 amide bonds. The van der Waals surface area contributed by atoms with Crippen LogP contribution in [0.2, 0.25) is 0 Å². The Bertz CT molecular complexity index is 953. The number of nitrogens with zero attached hydrogens (tertiary/aromatic N) is 2. The molecule has 0 aliphatic carbocycles. The molecule has 1 aromatic heterocycles. The summed E-state index contributed by atoms with van der Waals surface area (Å²) < 4.78 is 33.9. The van der Waals surface area contributed by atoms with E-state index < -0.39 is 15.9 Å². The molecule has 0 bridgehead atoms. The van der Waals surface area contributed by atoms with E-state index in [1.54, 1.807) is 42.9 Å². The third-order valence-corrected chi connectivity index (χ3v) is 4.92. The molecule has 0 saturated carbocycles. The highest BCUT2D eigenvalue weighted by molar-refractivity contribution is 7.90. The number of ether oxygens (including phenoxy) is 1. The quantitative estimate of drug-likeness (QED) is 0.687. The summed E-state index contributed by atoms with van der Waals surface area (Å²) in [7, 11) is -3.90. The van der Waals surface area contributed by atoms with Gasteiger partial charge in [-0.15, -0.1) is 0 Å². The van der Waals surface area contributed by atoms with Crippen LogP contribution in [0.15, 0.2) is 78.2 Å². The van der Waals surface area contributed by atoms with E-state index in [4.69, 9.17) is 4.74 Å². The summed E-state index contributed by atoms with van der Waals surface area (Å²) in [5.41, 5.74) is 0.228. The molecule has 0 fully saturated rings. The predicted molar refractivity (Wildman–Crippen MR) is 95.3 cm³/mol. The maximum Gasteiger partial charge on any atom is 0.265 e. The lowest BCUT2D eigenvalue weighted by atomic mass is 10.2. The molecule has 0 unspecified atom stereocenters. The Balaban J connectivity index is 1.58. The van der Waals surface area contributed by atoms with Gasteiger partial charge < -0.3 is 9.30 Å². The lowest BCUT2D eigenvalue weighted by Gasteiger charge is -2.09. The Morgan fingerprint density at radius 2 is 1.81 bits per heavy atom. The van der Waals surface area contributed by atoms with Gasteiger partial charge in [0.2, 0.25) is 0 Å². The molecule has 8 heteroatoms. The highest BCUT2D eigenvalue weighted by atomic mass is 32.2. The van der Waals surface area contributed by atoms with Crippen molar-refractivity contribution in [2.24, 2.45) is 0 Å². The Kier molecular flexibility index (Phi) is 5.33. The molecule has 0 spiro atoms. The summed E-state index contributed by atoms with van der Waals surface area (Å²) in [4.78, 5) is 16.2. The van der Waals surface area contributed by atoms with Gasteiger partial charge in [-0.2, -0.15) is 0 Å². The van der Waals surface area contributed by atoms with Crippen molar-refractivity contribution in [1.82, 2.24) is 14.3 Å². The van der Waals surface area contributed by atoms with Crippen LogP contribution in [0.1, 0.15) is 10.4 Å². The topological polar surface area (TPSA) is 90.3 Å². The third-order valence-electron chi connectivity index (χ3n) is 3.57. The fraction of sp³-hybridized carbons (Fsp3) is 0.111. The minimum atomic E-state index is -3.90. The molecule has 7 nitrogen and oxygen atoms in total. The molecule has 3 rings (SSSR count). The first kappa shape index (κ1) is 17.7. The van der Waals surface area contributed by atoms with Crippen molar-refractivity contribution in [3.05, 3.63) is 78.9 Å². The van der Waals surface area contributed by atoms with Gasteiger partial charge in [-0.3, -0.25) is 4.79 Å². The van der Waals surface area contributed by atoms with E-state index in [0.29, 0.717) is 18.9 Å². The number of hydrogen-bond acceptors (Lipinski definition) is 5. The lowest BCUT2D eigenvalue weighted by molar-refractivity contribution is 0.0981. The van der Waals surface area contributed by atoms with Crippen LogP contribution in [0.3, 0.4) is 0 Å². The third kappa shape index (κ3) is 4.48. The van der Waals surface area contributed by atoms with Crippen molar-refractivity contribution in [2.45, 2.75) is 11.4 Å². The average molecular weight is 371 g/mol. The molecule has 0 aliphatic heterocycles. The van der Waals surface area contributed by atoms with Gasteiger partial charge in [0.05, 0.1) is 17.8 Å². The molecule has 26 heavy (non-hydrogen) atoms. The van der Waals surface area contributed by atoms with E-state index in [2.05, 4.69) is 9.71 Å². The SMILES string of the molecule is O=C(NS(=O)(=O)c1ccccc1)c1ccc(OCCn2ccnc2)cc1. The number of nitrogens with one attached hydrogen (secondary N) is 1. The van der Waals surface area contributed by atoms with Gasteiger partial charge in [0.25, 0.3) is 15.9 Å². The largest absolute Gasteiger partial charge is 0.492 e. The standard InChI is InChI=1S/C18H17N3O4S/c22-18(20-26(23,24)17-4-2-1-3-5-17)15-6-8-16(9-7-15)25-13-12-21-11-10-19-14-21/h1-11,14H,12-13H2,(H,20,22). The number of benzene rings is 2. The fourth-order valence-corrected chi connectivity index (χ4v) is 3.23. The summed E-state index contributed by atoms with van der Waals surface area (Å²) in [6, 6.07) is 14.0. The lowest BCUT2D eigenvalue weighted by Crippen LogP contribution is -2.30. The normalized spacial score (nSPS) is 11.1. The zero-order valence-electron chi connectivity index (χ0n) is 13.8. The highest BCUT2D eigenvalue weighted by Crippen LogP contribution is 2.14. The maximum atomic E-state index is 12.2. The van der Waals surface area contributed by atoms with Crippen molar-refractivity contribution in [1.29, 1.82) is 0 Å². The van der Waals surface area contributed by atoms with Crippen molar-refractivity contribution in [2.75, 3.05) is 6.61 Å². The van der Waals surface area contributed by atoms with Crippen LogP contribution in [0.4, 0.5) is 0 Å². The molecular formula is C18H17N3O4S. The van der Waals surface area contributed by atoms with Gasteiger partial charge in [-0.25, -0.2) is 18.1 Å². The van der Waals surface area contributed by atoms with E-state index >= 15 is 0 Å². The van der Waals surface area contributed by atoms with Crippen molar-refractivity contribution in [3.63, 3.8) is 0 Å². The summed E-state index contributed by atoms with van der Waals surface area (Å²) in [5, 5.41) is 0. The fourth-order valence-electron chi connectivity index (χ4n) is 2.23. The minimum Gasteiger partial charge on any atom is -0.492 e. The summed E-state index contributed by atoms with van der Waals surface area (Å²) in [6.07, 6.45) is 5.23. The summed E-state index contributed by atoms with van der Waals surface area (Å²) in [5.74, 6) is -0.105. The minimum absolute atomic E-state index is 0.0350. The Morgan fingerprint density at radius 3 is 2.46 bits per heavy atom. The van der Waals surface area contributed by atoms with Gasteiger partial charge in [-0.05, 0) is 36.4 Å². The molecule has 0 aliphatic rings. The van der Waals surface area contributed by atoms with Crippen LogP contribution >= 0.6 is 0 Å². The van der Waals surface area contributed by atoms with Crippen LogP contribution in [0, 0.1) is 0 Å². The number of sulfonamides is 1. The van der Waals surface area contributed by atoms with Crippen LogP contribution in [-0.4, -0.2) is 30.5 Å². The number of carbonyl (C=O) groups is 1. The van der Waals surface area contributed by atoms with Gasteiger partial charge in [0.15, 0.2) is 0 Å². The smallest absolute Gasteiger partial charge is 0.265 e. The van der Waals surface area contributed by atoms with Gasteiger partial charge in [0.1, 0.15) is 12.4 Å². The molecule has 0 atom stereocenters. The van der Waals surface area contributed by atoms with Gasteiger partial charge >= 0.3 is 0 Å². The second-order valence-corrected chi connectivity index (χ2v) is 7.10. The van der Waals surface area contributed by atoms with E-state index in [-0.39, 0.29) is 10.5 Å². The number of aromatic nitrogens is 2. The first-order chi connectivity index (χ1) is 12.5. The number of imidazole rings is 1. The van der Waals surface area contributed by atoms with Crippen LogP contribution in [0.25, 0.3) is 0 Å². The number of rotatable bonds is 7. The zero-order chi connectivity index (χ0) is 18.4. The van der Waals surface area contributed by atoms with Crippen molar-refractivity contribution < 1.29 is 17.9 Å². The van der Waals surface area contributed by atoms with E-state index in [0.717, 1.165) is 0 Å². The molecule has 134 valence electrons. The molecule has 0 radical (unpaired) electrons. The highest BCUT2D eigenvalue weighted by Gasteiger charge is 2.18. The van der Waals surface area contributed by atoms with Crippen LogP contribution < -0.4 is 9.46 Å². The first-order valence-corrected chi connectivity index (χ1v) is 9.34. The molecule has 0 saturated heterocycles.